The predicted octanol–water partition coefficient (Wildman–Crippen LogP) is 2.05. The summed E-state index contributed by atoms with van der Waals surface area (Å²) >= 11 is 0. The lowest BCUT2D eigenvalue weighted by Gasteiger charge is -2.26. The minimum atomic E-state index is -2.81. The van der Waals surface area contributed by atoms with E-state index in [1.165, 1.54) is 12.1 Å². The van der Waals surface area contributed by atoms with Gasteiger partial charge < -0.3 is 5.32 Å². The maximum Gasteiger partial charge on any atom is 0.150 e. The van der Waals surface area contributed by atoms with Crippen LogP contribution in [-0.4, -0.2) is 26.0 Å². The molecule has 0 radical (unpaired) electrons. The van der Waals surface area contributed by atoms with Gasteiger partial charge in [-0.1, -0.05) is 12.1 Å². The Bertz CT molecular complexity index is 484. The first-order valence-electron chi connectivity index (χ1n) is 6.18. The van der Waals surface area contributed by atoms with E-state index in [4.69, 9.17) is 0 Å². The van der Waals surface area contributed by atoms with E-state index < -0.39 is 9.84 Å². The maximum absolute atomic E-state index is 12.8. The van der Waals surface area contributed by atoms with Crippen molar-refractivity contribution in [2.45, 2.75) is 31.8 Å². The summed E-state index contributed by atoms with van der Waals surface area (Å²) in [5.74, 6) is 0.288. The number of rotatable bonds is 3. The van der Waals surface area contributed by atoms with Crippen LogP contribution in [0.3, 0.4) is 0 Å². The highest BCUT2D eigenvalue weighted by atomic mass is 32.2. The van der Waals surface area contributed by atoms with Crippen LogP contribution >= 0.6 is 0 Å². The van der Waals surface area contributed by atoms with Gasteiger partial charge in [0.05, 0.1) is 11.5 Å². The fourth-order valence-electron chi connectivity index (χ4n) is 2.26. The summed E-state index contributed by atoms with van der Waals surface area (Å²) in [5, 5.41) is 3.41. The lowest BCUT2D eigenvalue weighted by atomic mass is 10.1. The molecule has 0 amide bonds. The summed E-state index contributed by atoms with van der Waals surface area (Å²) in [6.07, 6.45) is 1.32. The summed E-state index contributed by atoms with van der Waals surface area (Å²) in [6.45, 7) is 2.01. The van der Waals surface area contributed by atoms with E-state index in [1.54, 1.807) is 12.1 Å². The number of halogens is 1. The second-order valence-corrected chi connectivity index (χ2v) is 7.17. The van der Waals surface area contributed by atoms with Crippen molar-refractivity contribution in [2.24, 2.45) is 0 Å². The average molecular weight is 271 g/mol. The molecular weight excluding hydrogens is 253 g/mol. The summed E-state index contributed by atoms with van der Waals surface area (Å²) in [5.41, 5.74) is 1.02. The number of hydrogen-bond donors (Lipinski definition) is 1. The molecule has 100 valence electrons. The Morgan fingerprint density at radius 3 is 2.33 bits per heavy atom. The van der Waals surface area contributed by atoms with Crippen LogP contribution in [0.15, 0.2) is 24.3 Å². The Labute approximate surface area is 107 Å². The first kappa shape index (κ1) is 13.5. The van der Waals surface area contributed by atoms with Crippen molar-refractivity contribution in [3.8, 4) is 0 Å². The molecule has 3 nitrogen and oxygen atoms in total. The summed E-state index contributed by atoms with van der Waals surface area (Å²) in [4.78, 5) is 0. The van der Waals surface area contributed by atoms with Crippen molar-refractivity contribution >= 4 is 9.84 Å². The highest BCUT2D eigenvalue weighted by molar-refractivity contribution is 7.91. The normalized spacial score (nSPS) is 21.7. The van der Waals surface area contributed by atoms with Crippen molar-refractivity contribution in [1.82, 2.24) is 5.32 Å². The molecule has 1 unspecified atom stereocenters. The fourth-order valence-corrected chi connectivity index (χ4v) is 3.75. The zero-order valence-electron chi connectivity index (χ0n) is 10.4. The van der Waals surface area contributed by atoms with Crippen LogP contribution in [-0.2, 0) is 9.84 Å². The molecule has 1 aromatic carbocycles. The SMILES string of the molecule is CC(NC1CCS(=O)(=O)CC1)c1ccc(F)cc1. The van der Waals surface area contributed by atoms with E-state index in [0.29, 0.717) is 12.8 Å². The van der Waals surface area contributed by atoms with Gasteiger partial charge in [0.2, 0.25) is 0 Å². The third-order valence-electron chi connectivity index (χ3n) is 3.41. The largest absolute Gasteiger partial charge is 0.307 e. The van der Waals surface area contributed by atoms with Gasteiger partial charge in [-0.2, -0.15) is 0 Å². The summed E-state index contributed by atoms with van der Waals surface area (Å²) < 4.78 is 35.4. The third kappa shape index (κ3) is 3.53. The summed E-state index contributed by atoms with van der Waals surface area (Å²) in [6, 6.07) is 6.74. The molecule has 1 atom stereocenters. The first-order valence-corrected chi connectivity index (χ1v) is 8.00. The highest BCUT2D eigenvalue weighted by Gasteiger charge is 2.24. The van der Waals surface area contributed by atoms with Gasteiger partial charge in [0.25, 0.3) is 0 Å². The Hall–Kier alpha value is -0.940. The van der Waals surface area contributed by atoms with Crippen molar-refractivity contribution in [1.29, 1.82) is 0 Å². The van der Waals surface area contributed by atoms with E-state index in [9.17, 15) is 12.8 Å². The van der Waals surface area contributed by atoms with Crippen LogP contribution in [0.2, 0.25) is 0 Å². The average Bonchev–Trinajstić information content (AvgIpc) is 2.33. The Morgan fingerprint density at radius 2 is 1.78 bits per heavy atom. The first-order chi connectivity index (χ1) is 8.46. The van der Waals surface area contributed by atoms with Crippen molar-refractivity contribution < 1.29 is 12.8 Å². The smallest absolute Gasteiger partial charge is 0.150 e. The van der Waals surface area contributed by atoms with E-state index >= 15 is 0 Å². The standard InChI is InChI=1S/C13H18FNO2S/c1-10(11-2-4-12(14)5-3-11)15-13-6-8-18(16,17)9-7-13/h2-5,10,13,15H,6-9H2,1H3. The second kappa shape index (κ2) is 5.36. The number of benzene rings is 1. The molecule has 1 aliphatic heterocycles. The van der Waals surface area contributed by atoms with E-state index in [2.05, 4.69) is 5.32 Å². The van der Waals surface area contributed by atoms with Crippen molar-refractivity contribution in [2.75, 3.05) is 11.5 Å². The van der Waals surface area contributed by atoms with Crippen molar-refractivity contribution in [3.63, 3.8) is 0 Å². The molecule has 1 aliphatic rings. The van der Waals surface area contributed by atoms with Gasteiger partial charge in [-0.3, -0.25) is 0 Å². The van der Waals surface area contributed by atoms with Crippen molar-refractivity contribution in [3.05, 3.63) is 35.6 Å². The Kier molecular flexibility index (Phi) is 4.02. The molecule has 0 bridgehead atoms. The van der Waals surface area contributed by atoms with E-state index in [0.717, 1.165) is 5.56 Å². The molecule has 1 N–H and O–H groups in total. The van der Waals surface area contributed by atoms with E-state index in [-0.39, 0.29) is 29.4 Å². The van der Waals surface area contributed by atoms with Crippen LogP contribution in [0.25, 0.3) is 0 Å². The predicted molar refractivity (Wildman–Crippen MR) is 69.6 cm³/mol. The molecule has 1 saturated heterocycles. The second-order valence-electron chi connectivity index (χ2n) is 4.87. The van der Waals surface area contributed by atoms with E-state index in [1.807, 2.05) is 6.92 Å². The topological polar surface area (TPSA) is 46.2 Å². The molecule has 0 aromatic heterocycles. The monoisotopic (exact) mass is 271 g/mol. The van der Waals surface area contributed by atoms with Gasteiger partial charge in [-0.15, -0.1) is 0 Å². The van der Waals surface area contributed by atoms with Gasteiger partial charge in [-0.05, 0) is 37.5 Å². The summed E-state index contributed by atoms with van der Waals surface area (Å²) in [7, 11) is -2.81. The number of sulfone groups is 1. The zero-order valence-corrected chi connectivity index (χ0v) is 11.2. The Morgan fingerprint density at radius 1 is 1.22 bits per heavy atom. The third-order valence-corrected chi connectivity index (χ3v) is 5.13. The van der Waals surface area contributed by atoms with Gasteiger partial charge in [0, 0.05) is 12.1 Å². The molecule has 18 heavy (non-hydrogen) atoms. The fraction of sp³-hybridized carbons (Fsp3) is 0.538. The van der Waals surface area contributed by atoms with Crippen LogP contribution in [0.1, 0.15) is 31.4 Å². The molecule has 5 heteroatoms. The van der Waals surface area contributed by atoms with Crippen LogP contribution < -0.4 is 5.32 Å². The maximum atomic E-state index is 12.8. The minimum Gasteiger partial charge on any atom is -0.307 e. The van der Waals surface area contributed by atoms with Gasteiger partial charge in [0.1, 0.15) is 15.7 Å². The van der Waals surface area contributed by atoms with Gasteiger partial charge in [-0.25, -0.2) is 12.8 Å². The Balaban J connectivity index is 1.92. The molecule has 0 aliphatic carbocycles. The van der Waals surface area contributed by atoms with Crippen LogP contribution in [0.5, 0.6) is 0 Å². The quantitative estimate of drug-likeness (QED) is 0.915. The lowest BCUT2D eigenvalue weighted by Crippen LogP contribution is -2.38. The van der Waals surface area contributed by atoms with Gasteiger partial charge >= 0.3 is 0 Å². The molecule has 2 rings (SSSR count). The van der Waals surface area contributed by atoms with Crippen LogP contribution in [0.4, 0.5) is 4.39 Å². The molecule has 0 spiro atoms. The lowest BCUT2D eigenvalue weighted by molar-refractivity contribution is 0.420. The molecular formula is C13H18FNO2S. The molecule has 1 heterocycles. The minimum absolute atomic E-state index is 0.108. The molecule has 1 aromatic rings. The van der Waals surface area contributed by atoms with Gasteiger partial charge in [0.15, 0.2) is 0 Å². The number of hydrogen-bond acceptors (Lipinski definition) is 3. The highest BCUT2D eigenvalue weighted by Crippen LogP contribution is 2.18. The molecule has 1 fully saturated rings. The zero-order chi connectivity index (χ0) is 13.2. The number of nitrogens with one attached hydrogen (secondary N) is 1. The molecule has 0 saturated carbocycles. The van der Waals surface area contributed by atoms with Crippen LogP contribution in [0, 0.1) is 5.82 Å².